The van der Waals surface area contributed by atoms with E-state index in [1.54, 1.807) is 23.1 Å². The van der Waals surface area contributed by atoms with Gasteiger partial charge >= 0.3 is 5.97 Å². The smallest absolute Gasteiger partial charge is 0.335 e. The Bertz CT molecular complexity index is 1640. The van der Waals surface area contributed by atoms with E-state index in [9.17, 15) is 19.5 Å². The van der Waals surface area contributed by atoms with Gasteiger partial charge in [-0.05, 0) is 140 Å². The number of carboxylic acid groups (broad SMARTS) is 1. The molecule has 0 aromatic heterocycles. The number of nitrogens with zero attached hydrogens (tertiary/aromatic N) is 1. The van der Waals surface area contributed by atoms with Gasteiger partial charge in [-0.25, -0.2) is 4.79 Å². The fourth-order valence-electron chi connectivity index (χ4n) is 13.0. The first-order valence-corrected chi connectivity index (χ1v) is 20.2. The first-order chi connectivity index (χ1) is 26.7. The van der Waals surface area contributed by atoms with Gasteiger partial charge < -0.3 is 15.3 Å². The molecule has 302 valence electrons. The van der Waals surface area contributed by atoms with Crippen molar-refractivity contribution < 1.29 is 19.5 Å². The third-order valence-electron chi connectivity index (χ3n) is 15.3. The van der Waals surface area contributed by atoms with Gasteiger partial charge in [-0.2, -0.15) is 0 Å². The van der Waals surface area contributed by atoms with Crippen LogP contribution in [0.2, 0.25) is 0 Å². The number of rotatable bonds is 5. The molecule has 3 unspecified atom stereocenters. The zero-order valence-electron chi connectivity index (χ0n) is 35.1. The van der Waals surface area contributed by atoms with Gasteiger partial charge in [0.25, 0.3) is 0 Å². The number of hydrogen-bond donors (Lipinski definition) is 2. The van der Waals surface area contributed by atoms with Crippen molar-refractivity contribution in [3.05, 3.63) is 54.1 Å². The summed E-state index contributed by atoms with van der Waals surface area (Å²) in [4.78, 5) is 38.9. The molecule has 5 aliphatic carbocycles. The van der Waals surface area contributed by atoms with Crippen molar-refractivity contribution >= 4 is 23.4 Å². The van der Waals surface area contributed by atoms with E-state index >= 15 is 0 Å². The van der Waals surface area contributed by atoms with Crippen molar-refractivity contribution in [2.75, 3.05) is 13.1 Å². The van der Waals surface area contributed by atoms with E-state index in [2.05, 4.69) is 104 Å². The van der Waals surface area contributed by atoms with Crippen molar-refractivity contribution in [3.63, 3.8) is 0 Å². The van der Waals surface area contributed by atoms with Crippen molar-refractivity contribution in [2.45, 2.75) is 124 Å². The largest absolute Gasteiger partial charge is 0.478 e. The fraction of sp³-hybridized carbons (Fsp3) is 0.580. The normalized spacial score (nSPS) is 33.9. The highest BCUT2D eigenvalue weighted by atomic mass is 16.4. The summed E-state index contributed by atoms with van der Waals surface area (Å²) in [6.07, 6.45) is 49.5. The number of hydrogen-bond acceptors (Lipinski definition) is 3. The molecule has 1 aromatic carbocycles. The predicted molar refractivity (Wildman–Crippen MR) is 232 cm³/mol. The third-order valence-corrected chi connectivity index (χ3v) is 15.3. The summed E-state index contributed by atoms with van der Waals surface area (Å²) in [6, 6.07) is 7.53. The number of benzene rings is 1. The Morgan fingerprint density at radius 1 is 0.821 bits per heavy atom. The summed E-state index contributed by atoms with van der Waals surface area (Å²) in [5, 5.41) is 13.0. The van der Waals surface area contributed by atoms with Gasteiger partial charge in [-0.1, -0.05) is 65.3 Å². The van der Waals surface area contributed by atoms with E-state index in [1.165, 1.54) is 50.5 Å². The SMILES string of the molecule is C#C.C#C.C#C.C#C.C=CC.CC1(C)C(c2ccc(C(=O)O)cc2)=CC[C@@]2(C)C1CC[C@]1(C)C2CC[C@@H]2C3CCC[C@]3(NC(=O)CN3CCCC3=O)CC[C@]21C. The Balaban J connectivity index is 0.000000902. The Hall–Kier alpha value is -4.65. The molecule has 6 aliphatic rings. The molecule has 5 fully saturated rings. The van der Waals surface area contributed by atoms with Crippen LogP contribution in [0.25, 0.3) is 5.57 Å². The highest BCUT2D eigenvalue weighted by Gasteiger charge is 2.69. The number of amides is 2. The van der Waals surface area contributed by atoms with Gasteiger partial charge in [0, 0.05) is 18.5 Å². The van der Waals surface area contributed by atoms with Crippen molar-refractivity contribution in [1.82, 2.24) is 10.2 Å². The molecule has 0 spiro atoms. The van der Waals surface area contributed by atoms with E-state index < -0.39 is 5.97 Å². The first kappa shape index (κ1) is 47.5. The topological polar surface area (TPSA) is 86.7 Å². The number of terminal acetylenes is 4. The molecule has 1 heterocycles. The van der Waals surface area contributed by atoms with Crippen LogP contribution < -0.4 is 5.32 Å². The fourth-order valence-corrected chi connectivity index (χ4v) is 13.0. The number of fused-ring (bicyclic) bond motifs is 7. The standard InChI is InChI=1S/C39H54N2O4.C3H6.4C2H2/c1-35(2)27(25-10-12-26(13-11-25)34(44)45)16-19-36(3)30(35)17-20-38(5)31(36)15-14-28-29-8-6-18-39(29,22-21-37(28,38)4)40-32(42)24-41-23-7-9-33(41)43;1-3-2;4*1-2/h10-13,16,28-31H,6-9,14-15,17-24H2,1-5H3,(H,40,42)(H,44,45);3H,1H2,2H3;4*1-2H/t28-,29?,30?,31?,36+,37-,38-,39+;;;;;/m1...../s1. The van der Waals surface area contributed by atoms with Crippen LogP contribution >= 0.6 is 0 Å². The zero-order chi connectivity index (χ0) is 42.7. The molecule has 56 heavy (non-hydrogen) atoms. The average Bonchev–Trinajstić information content (AvgIpc) is 3.80. The maximum atomic E-state index is 13.4. The van der Waals surface area contributed by atoms with E-state index in [1.807, 2.05) is 19.1 Å². The quantitative estimate of drug-likeness (QED) is 0.231. The lowest BCUT2D eigenvalue weighted by atomic mass is 9.33. The van der Waals surface area contributed by atoms with Crippen LogP contribution in [0.1, 0.15) is 135 Å². The minimum atomic E-state index is -0.875. The van der Waals surface area contributed by atoms with Crippen LogP contribution in [0.15, 0.2) is 43.0 Å². The highest BCUT2D eigenvalue weighted by molar-refractivity contribution is 5.88. The molecule has 0 bridgehead atoms. The lowest BCUT2D eigenvalue weighted by Crippen LogP contribution is -2.68. The molecule has 6 heteroatoms. The van der Waals surface area contributed by atoms with Gasteiger partial charge in [0.2, 0.25) is 11.8 Å². The second-order valence-corrected chi connectivity index (χ2v) is 17.6. The van der Waals surface area contributed by atoms with Gasteiger partial charge in [0.1, 0.15) is 0 Å². The molecule has 1 saturated heterocycles. The second-order valence-electron chi connectivity index (χ2n) is 17.6. The van der Waals surface area contributed by atoms with Crippen LogP contribution in [-0.2, 0) is 9.59 Å². The number of aromatic carboxylic acids is 1. The third kappa shape index (κ3) is 8.24. The molecule has 6 nitrogen and oxygen atoms in total. The molecule has 1 aromatic rings. The van der Waals surface area contributed by atoms with Gasteiger partial charge in [0.15, 0.2) is 0 Å². The van der Waals surface area contributed by atoms with Crippen molar-refractivity contribution in [1.29, 1.82) is 0 Å². The number of likely N-dealkylation sites (tertiary alicyclic amines) is 1. The van der Waals surface area contributed by atoms with Crippen LogP contribution in [0.4, 0.5) is 0 Å². The van der Waals surface area contributed by atoms with Gasteiger partial charge in [-0.3, -0.25) is 9.59 Å². The van der Waals surface area contributed by atoms with Crippen molar-refractivity contribution in [2.24, 2.45) is 45.3 Å². The maximum Gasteiger partial charge on any atom is 0.335 e. The van der Waals surface area contributed by atoms with E-state index in [4.69, 9.17) is 0 Å². The Kier molecular flexibility index (Phi) is 16.5. The van der Waals surface area contributed by atoms with Gasteiger partial charge in [0.05, 0.1) is 12.1 Å². The Morgan fingerprint density at radius 2 is 1.43 bits per heavy atom. The van der Waals surface area contributed by atoms with E-state index in [0.29, 0.717) is 42.2 Å². The molecule has 8 atom stereocenters. The number of carbonyl (C=O) groups excluding carboxylic acids is 2. The van der Waals surface area contributed by atoms with Crippen LogP contribution in [0, 0.1) is 96.7 Å². The molecule has 4 saturated carbocycles. The number of carboxylic acids is 1. The molecule has 7 rings (SSSR count). The molecular weight excluding hydrogens is 693 g/mol. The monoisotopic (exact) mass is 761 g/mol. The molecule has 2 N–H and O–H groups in total. The molecular formula is C50H68N2O4. The first-order valence-electron chi connectivity index (χ1n) is 20.2. The summed E-state index contributed by atoms with van der Waals surface area (Å²) < 4.78 is 0. The summed E-state index contributed by atoms with van der Waals surface area (Å²) in [5.41, 5.74) is 3.51. The highest BCUT2D eigenvalue weighted by Crippen LogP contribution is 2.76. The molecule has 0 radical (unpaired) electrons. The summed E-state index contributed by atoms with van der Waals surface area (Å²) in [5.74, 6) is 1.69. The zero-order valence-corrected chi connectivity index (χ0v) is 35.1. The molecule has 1 aliphatic heterocycles. The average molecular weight is 761 g/mol. The lowest BCUT2D eigenvalue weighted by molar-refractivity contribution is -0.217. The van der Waals surface area contributed by atoms with Crippen molar-refractivity contribution in [3.8, 4) is 51.4 Å². The van der Waals surface area contributed by atoms with Crippen LogP contribution in [0.3, 0.4) is 0 Å². The van der Waals surface area contributed by atoms with Gasteiger partial charge in [-0.15, -0.1) is 58.0 Å². The van der Waals surface area contributed by atoms with Crippen LogP contribution in [0.5, 0.6) is 0 Å². The summed E-state index contributed by atoms with van der Waals surface area (Å²) in [6.45, 7) is 19.0. The maximum absolute atomic E-state index is 13.4. The Labute approximate surface area is 340 Å². The minimum absolute atomic E-state index is 0.00496. The van der Waals surface area contributed by atoms with Crippen LogP contribution in [-0.4, -0.2) is 46.4 Å². The lowest BCUT2D eigenvalue weighted by Gasteiger charge is -2.72. The summed E-state index contributed by atoms with van der Waals surface area (Å²) in [7, 11) is 0. The molecule has 2 amide bonds. The number of nitrogens with one attached hydrogen (secondary N) is 1. The second kappa shape index (κ2) is 19.5. The number of carbonyl (C=O) groups is 3. The van der Waals surface area contributed by atoms with E-state index in [0.717, 1.165) is 31.2 Å². The Morgan fingerprint density at radius 3 is 1.98 bits per heavy atom. The number of allylic oxidation sites excluding steroid dienone is 3. The predicted octanol–water partition coefficient (Wildman–Crippen LogP) is 9.91. The summed E-state index contributed by atoms with van der Waals surface area (Å²) >= 11 is 0. The van der Waals surface area contributed by atoms with E-state index in [-0.39, 0.29) is 45.6 Å². The minimum Gasteiger partial charge on any atom is -0.478 e.